The molecule has 0 saturated carbocycles. The van der Waals surface area contributed by atoms with Gasteiger partial charge in [-0.3, -0.25) is 19.0 Å². The molecular formula is C28H29N5O6. The second-order valence-corrected chi connectivity index (χ2v) is 9.34. The molecule has 1 aliphatic rings. The molecule has 0 atom stereocenters. The Labute approximate surface area is 223 Å². The number of aromatic nitrogens is 4. The van der Waals surface area contributed by atoms with Gasteiger partial charge in [-0.1, -0.05) is 54.6 Å². The number of amides is 1. The van der Waals surface area contributed by atoms with Crippen LogP contribution in [0.15, 0.2) is 70.5 Å². The van der Waals surface area contributed by atoms with E-state index >= 15 is 0 Å². The lowest BCUT2D eigenvalue weighted by Gasteiger charge is -2.28. The van der Waals surface area contributed by atoms with Gasteiger partial charge in [0.05, 0.1) is 19.5 Å². The first-order chi connectivity index (χ1) is 19.0. The smallest absolute Gasteiger partial charge is 0.333 e. The molecule has 0 bridgehead atoms. The van der Waals surface area contributed by atoms with Crippen LogP contribution in [0.5, 0.6) is 0 Å². The van der Waals surface area contributed by atoms with Gasteiger partial charge in [-0.2, -0.15) is 0 Å². The van der Waals surface area contributed by atoms with Crippen molar-refractivity contribution in [2.45, 2.75) is 32.6 Å². The molecule has 0 unspecified atom stereocenters. The van der Waals surface area contributed by atoms with E-state index in [1.807, 2.05) is 54.6 Å². The van der Waals surface area contributed by atoms with Crippen molar-refractivity contribution in [2.75, 3.05) is 26.9 Å². The van der Waals surface area contributed by atoms with Gasteiger partial charge in [0.25, 0.3) is 11.5 Å². The lowest BCUT2D eigenvalue weighted by atomic mass is 10.00. The summed E-state index contributed by atoms with van der Waals surface area (Å²) >= 11 is 0. The maximum atomic E-state index is 13.4. The summed E-state index contributed by atoms with van der Waals surface area (Å²) in [6.07, 6.45) is 2.20. The molecule has 0 N–H and O–H groups in total. The Balaban J connectivity index is 1.37. The number of carbonyl (C=O) groups excluding carboxylic acids is 2. The van der Waals surface area contributed by atoms with Crippen molar-refractivity contribution < 1.29 is 19.1 Å². The van der Waals surface area contributed by atoms with Gasteiger partial charge < -0.3 is 18.9 Å². The van der Waals surface area contributed by atoms with E-state index in [2.05, 4.69) is 4.98 Å². The monoisotopic (exact) mass is 531 g/mol. The number of rotatable bonds is 9. The minimum atomic E-state index is -0.853. The van der Waals surface area contributed by atoms with E-state index in [0.717, 1.165) is 22.1 Å². The number of methoxy groups -OCH3 is 1. The lowest BCUT2D eigenvalue weighted by Crippen LogP contribution is -2.43. The van der Waals surface area contributed by atoms with Crippen LogP contribution in [0.1, 0.15) is 16.7 Å². The SMILES string of the molecule is COCCn1cnc2c1c(=O)n(CC(=O)OCC(=O)N1CCc3ccccc3C1)c(=O)n2Cc1ccccc1. The normalized spacial score (nSPS) is 12.9. The Hall–Kier alpha value is -4.51. The third-order valence-electron chi connectivity index (χ3n) is 6.83. The van der Waals surface area contributed by atoms with Crippen LogP contribution in [-0.4, -0.2) is 62.3 Å². The van der Waals surface area contributed by atoms with Crippen LogP contribution in [-0.2, 0) is 51.7 Å². The zero-order valence-electron chi connectivity index (χ0n) is 21.6. The summed E-state index contributed by atoms with van der Waals surface area (Å²) in [5, 5.41) is 0. The third kappa shape index (κ3) is 5.53. The van der Waals surface area contributed by atoms with Crippen molar-refractivity contribution in [3.8, 4) is 0 Å². The third-order valence-corrected chi connectivity index (χ3v) is 6.83. The van der Waals surface area contributed by atoms with Gasteiger partial charge in [0, 0.05) is 26.7 Å². The topological polar surface area (TPSA) is 118 Å². The number of hydrogen-bond donors (Lipinski definition) is 0. The number of esters is 1. The summed E-state index contributed by atoms with van der Waals surface area (Å²) in [7, 11) is 1.54. The summed E-state index contributed by atoms with van der Waals surface area (Å²) in [6.45, 7) is 0.687. The van der Waals surface area contributed by atoms with Crippen molar-refractivity contribution in [1.29, 1.82) is 0 Å². The molecule has 4 aromatic rings. The molecule has 39 heavy (non-hydrogen) atoms. The maximum Gasteiger partial charge on any atom is 0.333 e. The van der Waals surface area contributed by atoms with Crippen LogP contribution in [0.4, 0.5) is 0 Å². The highest BCUT2D eigenvalue weighted by Gasteiger charge is 2.23. The van der Waals surface area contributed by atoms with Crippen LogP contribution >= 0.6 is 0 Å². The Kier molecular flexibility index (Phi) is 7.69. The Morgan fingerprint density at radius 1 is 0.974 bits per heavy atom. The largest absolute Gasteiger partial charge is 0.454 e. The number of benzene rings is 2. The van der Waals surface area contributed by atoms with Crippen molar-refractivity contribution in [3.05, 3.63) is 98.5 Å². The van der Waals surface area contributed by atoms with Gasteiger partial charge >= 0.3 is 11.7 Å². The van der Waals surface area contributed by atoms with Gasteiger partial charge in [-0.05, 0) is 23.1 Å². The number of nitrogens with zero attached hydrogens (tertiary/aromatic N) is 5. The first kappa shape index (κ1) is 26.1. The van der Waals surface area contributed by atoms with E-state index in [1.54, 1.807) is 16.6 Å². The fourth-order valence-electron chi connectivity index (χ4n) is 4.76. The quantitative estimate of drug-likeness (QED) is 0.298. The average Bonchev–Trinajstić information content (AvgIpc) is 3.39. The van der Waals surface area contributed by atoms with Crippen LogP contribution in [0.25, 0.3) is 11.2 Å². The van der Waals surface area contributed by atoms with Crippen LogP contribution < -0.4 is 11.2 Å². The standard InChI is InChI=1S/C28H29N5O6/c1-38-14-13-31-19-29-26-25(31)27(36)33(28(37)32(26)15-20-7-3-2-4-8-20)17-24(35)39-18-23(34)30-12-11-21-9-5-6-10-22(21)16-30/h2-10,19H,11-18H2,1H3. The van der Waals surface area contributed by atoms with Gasteiger partial charge in [-0.25, -0.2) is 14.3 Å². The summed E-state index contributed by atoms with van der Waals surface area (Å²) in [5.74, 6) is -1.19. The average molecular weight is 532 g/mol. The molecule has 0 spiro atoms. The fourth-order valence-corrected chi connectivity index (χ4v) is 4.76. The zero-order chi connectivity index (χ0) is 27.4. The van der Waals surface area contributed by atoms with E-state index in [-0.39, 0.29) is 23.6 Å². The van der Waals surface area contributed by atoms with Crippen molar-refractivity contribution >= 4 is 23.0 Å². The summed E-state index contributed by atoms with van der Waals surface area (Å²) in [4.78, 5) is 58.3. The highest BCUT2D eigenvalue weighted by molar-refractivity contribution is 5.81. The molecule has 1 amide bonds. The minimum absolute atomic E-state index is 0.154. The van der Waals surface area contributed by atoms with E-state index < -0.39 is 30.4 Å². The number of fused-ring (bicyclic) bond motifs is 2. The predicted octanol–water partition coefficient (Wildman–Crippen LogP) is 1.18. The van der Waals surface area contributed by atoms with Crippen LogP contribution in [0, 0.1) is 0 Å². The van der Waals surface area contributed by atoms with E-state index in [4.69, 9.17) is 9.47 Å². The molecule has 2 aromatic carbocycles. The fraction of sp³-hybridized carbons (Fsp3) is 0.321. The van der Waals surface area contributed by atoms with E-state index in [9.17, 15) is 19.2 Å². The summed E-state index contributed by atoms with van der Waals surface area (Å²) < 4.78 is 14.2. The Bertz CT molecular complexity index is 1620. The molecule has 1 aliphatic heterocycles. The molecule has 11 heteroatoms. The molecule has 0 saturated heterocycles. The molecule has 2 aromatic heterocycles. The molecule has 11 nitrogen and oxygen atoms in total. The van der Waals surface area contributed by atoms with Gasteiger partial charge in [-0.15, -0.1) is 0 Å². The molecular weight excluding hydrogens is 502 g/mol. The maximum absolute atomic E-state index is 13.4. The van der Waals surface area contributed by atoms with Gasteiger partial charge in [0.1, 0.15) is 6.54 Å². The first-order valence-electron chi connectivity index (χ1n) is 12.7. The van der Waals surface area contributed by atoms with Crippen LogP contribution in [0.2, 0.25) is 0 Å². The first-order valence-corrected chi connectivity index (χ1v) is 12.7. The highest BCUT2D eigenvalue weighted by Crippen LogP contribution is 2.18. The number of ether oxygens (including phenoxy) is 2. The second-order valence-electron chi connectivity index (χ2n) is 9.34. The molecule has 0 fully saturated rings. The Morgan fingerprint density at radius 3 is 2.49 bits per heavy atom. The van der Waals surface area contributed by atoms with Crippen LogP contribution in [0.3, 0.4) is 0 Å². The number of imidazole rings is 1. The molecule has 0 radical (unpaired) electrons. The predicted molar refractivity (Wildman–Crippen MR) is 142 cm³/mol. The summed E-state index contributed by atoms with van der Waals surface area (Å²) in [5.41, 5.74) is 2.13. The summed E-state index contributed by atoms with van der Waals surface area (Å²) in [6, 6.07) is 17.2. The molecule has 5 rings (SSSR count). The van der Waals surface area contributed by atoms with E-state index in [1.165, 1.54) is 16.5 Å². The number of carbonyl (C=O) groups is 2. The van der Waals surface area contributed by atoms with Crippen molar-refractivity contribution in [2.24, 2.45) is 0 Å². The minimum Gasteiger partial charge on any atom is -0.454 e. The molecule has 3 heterocycles. The second kappa shape index (κ2) is 11.5. The number of hydrogen-bond acceptors (Lipinski definition) is 7. The molecule has 0 aliphatic carbocycles. The molecule has 202 valence electrons. The highest BCUT2D eigenvalue weighted by atomic mass is 16.5. The Morgan fingerprint density at radius 2 is 1.72 bits per heavy atom. The van der Waals surface area contributed by atoms with Gasteiger partial charge in [0.15, 0.2) is 17.8 Å². The van der Waals surface area contributed by atoms with Gasteiger partial charge in [0.2, 0.25) is 0 Å². The van der Waals surface area contributed by atoms with Crippen molar-refractivity contribution in [1.82, 2.24) is 23.6 Å². The van der Waals surface area contributed by atoms with Crippen molar-refractivity contribution in [3.63, 3.8) is 0 Å². The lowest BCUT2D eigenvalue weighted by molar-refractivity contribution is -0.153. The zero-order valence-corrected chi connectivity index (χ0v) is 21.6. The van der Waals surface area contributed by atoms with E-state index in [0.29, 0.717) is 26.2 Å².